The standard InChI is InChI=1S/C20H27N5O3/c1-14-12-15(23(5)19(27)28-20(2,3)4)13-24(14)18(26)16-8-6-7-9-17(16)25-21-10-11-22-25/h6-11,14-15H,12-13H2,1-5H3/t14-,15-/m1/s1. The fraction of sp³-hybridized carbons (Fsp3) is 0.500. The van der Waals surface area contributed by atoms with E-state index in [9.17, 15) is 9.59 Å². The van der Waals surface area contributed by atoms with Crippen molar-refractivity contribution in [1.82, 2.24) is 24.8 Å². The molecule has 150 valence electrons. The third-order valence-corrected chi connectivity index (χ3v) is 4.81. The zero-order valence-electron chi connectivity index (χ0n) is 17.0. The minimum absolute atomic E-state index is 0.000948. The van der Waals surface area contributed by atoms with Crippen molar-refractivity contribution in [3.8, 4) is 5.69 Å². The lowest BCUT2D eigenvalue weighted by Crippen LogP contribution is -2.43. The van der Waals surface area contributed by atoms with E-state index in [-0.39, 0.29) is 24.1 Å². The first-order valence-corrected chi connectivity index (χ1v) is 9.40. The minimum atomic E-state index is -0.555. The van der Waals surface area contributed by atoms with E-state index in [0.29, 0.717) is 24.2 Å². The molecule has 2 amide bonds. The van der Waals surface area contributed by atoms with Crippen LogP contribution in [0.4, 0.5) is 4.79 Å². The van der Waals surface area contributed by atoms with Gasteiger partial charge in [-0.05, 0) is 46.2 Å². The van der Waals surface area contributed by atoms with Gasteiger partial charge in [0.05, 0.1) is 29.7 Å². The van der Waals surface area contributed by atoms with Gasteiger partial charge in [-0.25, -0.2) is 4.79 Å². The molecule has 3 rings (SSSR count). The first kappa shape index (κ1) is 19.9. The van der Waals surface area contributed by atoms with Crippen molar-refractivity contribution >= 4 is 12.0 Å². The Labute approximate surface area is 165 Å². The molecule has 2 atom stereocenters. The van der Waals surface area contributed by atoms with Crippen LogP contribution in [0, 0.1) is 0 Å². The summed E-state index contributed by atoms with van der Waals surface area (Å²) in [6.07, 6.45) is 3.47. The quantitative estimate of drug-likeness (QED) is 0.812. The Balaban J connectivity index is 1.77. The molecule has 0 unspecified atom stereocenters. The molecule has 1 aliphatic heterocycles. The van der Waals surface area contributed by atoms with Crippen LogP contribution in [-0.4, -0.2) is 68.1 Å². The molecule has 0 bridgehead atoms. The number of ether oxygens (including phenoxy) is 1. The summed E-state index contributed by atoms with van der Waals surface area (Å²) in [6, 6.07) is 7.18. The van der Waals surface area contributed by atoms with Gasteiger partial charge in [-0.1, -0.05) is 12.1 Å². The molecule has 8 nitrogen and oxygen atoms in total. The minimum Gasteiger partial charge on any atom is -0.444 e. The van der Waals surface area contributed by atoms with Gasteiger partial charge in [0.15, 0.2) is 0 Å². The number of carbonyl (C=O) groups excluding carboxylic acids is 2. The maximum absolute atomic E-state index is 13.3. The Bertz CT molecular complexity index is 844. The second-order valence-corrected chi connectivity index (χ2v) is 8.12. The molecule has 1 aliphatic rings. The summed E-state index contributed by atoms with van der Waals surface area (Å²) in [5, 5.41) is 8.28. The molecular weight excluding hydrogens is 358 g/mol. The fourth-order valence-corrected chi connectivity index (χ4v) is 3.37. The largest absolute Gasteiger partial charge is 0.444 e. The Morgan fingerprint density at radius 1 is 1.18 bits per heavy atom. The van der Waals surface area contributed by atoms with E-state index in [2.05, 4.69) is 10.2 Å². The molecule has 0 spiro atoms. The number of benzene rings is 1. The van der Waals surface area contributed by atoms with Crippen molar-refractivity contribution in [3.05, 3.63) is 42.2 Å². The van der Waals surface area contributed by atoms with E-state index >= 15 is 0 Å². The third-order valence-electron chi connectivity index (χ3n) is 4.81. The highest BCUT2D eigenvalue weighted by molar-refractivity contribution is 5.98. The summed E-state index contributed by atoms with van der Waals surface area (Å²) in [5.74, 6) is -0.0968. The lowest BCUT2D eigenvalue weighted by molar-refractivity contribution is 0.0226. The molecule has 1 aromatic carbocycles. The Morgan fingerprint density at radius 2 is 1.82 bits per heavy atom. The van der Waals surface area contributed by atoms with E-state index in [1.807, 2.05) is 45.9 Å². The third kappa shape index (κ3) is 4.16. The summed E-state index contributed by atoms with van der Waals surface area (Å²) >= 11 is 0. The SMILES string of the molecule is C[C@@H]1C[C@@H](N(C)C(=O)OC(C)(C)C)CN1C(=O)c1ccccc1-n1nccn1. The second kappa shape index (κ2) is 7.61. The number of rotatable bonds is 3. The van der Waals surface area contributed by atoms with Crippen LogP contribution in [-0.2, 0) is 4.74 Å². The van der Waals surface area contributed by atoms with Gasteiger partial charge in [0, 0.05) is 19.6 Å². The Hall–Kier alpha value is -2.90. The van der Waals surface area contributed by atoms with Gasteiger partial charge in [-0.2, -0.15) is 15.0 Å². The Morgan fingerprint density at radius 3 is 2.46 bits per heavy atom. The fourth-order valence-electron chi connectivity index (χ4n) is 3.37. The van der Waals surface area contributed by atoms with Gasteiger partial charge in [0.1, 0.15) is 5.60 Å². The maximum Gasteiger partial charge on any atom is 0.410 e. The van der Waals surface area contributed by atoms with Gasteiger partial charge in [-0.3, -0.25) is 4.79 Å². The molecule has 1 saturated heterocycles. The predicted octanol–water partition coefficient (Wildman–Crippen LogP) is 2.74. The zero-order chi connectivity index (χ0) is 20.5. The van der Waals surface area contributed by atoms with Crippen LogP contribution >= 0.6 is 0 Å². The number of hydrogen-bond donors (Lipinski definition) is 0. The number of nitrogens with zero attached hydrogens (tertiary/aromatic N) is 5. The molecule has 2 aromatic rings. The summed E-state index contributed by atoms with van der Waals surface area (Å²) in [5.41, 5.74) is 0.612. The van der Waals surface area contributed by atoms with Crippen LogP contribution < -0.4 is 0 Å². The normalized spacial score (nSPS) is 19.5. The van der Waals surface area contributed by atoms with Gasteiger partial charge in [-0.15, -0.1) is 0 Å². The molecule has 28 heavy (non-hydrogen) atoms. The number of carbonyl (C=O) groups is 2. The summed E-state index contributed by atoms with van der Waals surface area (Å²) in [6.45, 7) is 7.97. The number of amides is 2. The molecule has 1 fully saturated rings. The smallest absolute Gasteiger partial charge is 0.410 e. The number of aromatic nitrogens is 3. The second-order valence-electron chi connectivity index (χ2n) is 8.12. The first-order valence-electron chi connectivity index (χ1n) is 9.40. The molecule has 0 saturated carbocycles. The molecule has 2 heterocycles. The molecule has 8 heteroatoms. The topological polar surface area (TPSA) is 80.6 Å². The Kier molecular flexibility index (Phi) is 5.40. The average Bonchev–Trinajstić information content (AvgIpc) is 3.29. The van der Waals surface area contributed by atoms with Gasteiger partial charge in [0.25, 0.3) is 5.91 Å². The van der Waals surface area contributed by atoms with Crippen LogP contribution in [0.5, 0.6) is 0 Å². The van der Waals surface area contributed by atoms with Crippen LogP contribution in [0.1, 0.15) is 44.5 Å². The van der Waals surface area contributed by atoms with Crippen LogP contribution in [0.25, 0.3) is 5.69 Å². The highest BCUT2D eigenvalue weighted by Gasteiger charge is 2.38. The van der Waals surface area contributed by atoms with Crippen molar-refractivity contribution in [2.24, 2.45) is 0 Å². The van der Waals surface area contributed by atoms with Gasteiger partial charge >= 0.3 is 6.09 Å². The maximum atomic E-state index is 13.3. The number of hydrogen-bond acceptors (Lipinski definition) is 5. The summed E-state index contributed by atoms with van der Waals surface area (Å²) in [7, 11) is 1.72. The molecule has 0 radical (unpaired) electrons. The first-order chi connectivity index (χ1) is 13.2. The van der Waals surface area contributed by atoms with Crippen molar-refractivity contribution < 1.29 is 14.3 Å². The van der Waals surface area contributed by atoms with Crippen LogP contribution in [0.15, 0.2) is 36.7 Å². The number of likely N-dealkylation sites (N-methyl/N-ethyl adjacent to an activating group) is 1. The van der Waals surface area contributed by atoms with Crippen LogP contribution in [0.3, 0.4) is 0 Å². The lowest BCUT2D eigenvalue weighted by Gasteiger charge is -2.28. The van der Waals surface area contributed by atoms with E-state index < -0.39 is 5.60 Å². The van der Waals surface area contributed by atoms with Crippen molar-refractivity contribution in [2.75, 3.05) is 13.6 Å². The molecule has 1 aromatic heterocycles. The van der Waals surface area contributed by atoms with Crippen molar-refractivity contribution in [2.45, 2.75) is 51.8 Å². The monoisotopic (exact) mass is 385 g/mol. The predicted molar refractivity (Wildman–Crippen MR) is 104 cm³/mol. The highest BCUT2D eigenvalue weighted by atomic mass is 16.6. The van der Waals surface area contributed by atoms with E-state index in [4.69, 9.17) is 4.74 Å². The summed E-state index contributed by atoms with van der Waals surface area (Å²) < 4.78 is 5.46. The average molecular weight is 385 g/mol. The number of likely N-dealkylation sites (tertiary alicyclic amines) is 1. The van der Waals surface area contributed by atoms with E-state index in [1.54, 1.807) is 35.3 Å². The van der Waals surface area contributed by atoms with E-state index in [0.717, 1.165) is 0 Å². The van der Waals surface area contributed by atoms with Gasteiger partial charge in [0.2, 0.25) is 0 Å². The molecule has 0 N–H and O–H groups in total. The van der Waals surface area contributed by atoms with E-state index in [1.165, 1.54) is 4.80 Å². The number of para-hydroxylation sites is 1. The molecular formula is C20H27N5O3. The van der Waals surface area contributed by atoms with Crippen molar-refractivity contribution in [1.29, 1.82) is 0 Å². The summed E-state index contributed by atoms with van der Waals surface area (Å²) in [4.78, 5) is 30.5. The van der Waals surface area contributed by atoms with Gasteiger partial charge < -0.3 is 14.5 Å². The molecule has 0 aliphatic carbocycles. The van der Waals surface area contributed by atoms with Crippen LogP contribution in [0.2, 0.25) is 0 Å². The van der Waals surface area contributed by atoms with Crippen molar-refractivity contribution in [3.63, 3.8) is 0 Å². The zero-order valence-corrected chi connectivity index (χ0v) is 17.0. The lowest BCUT2D eigenvalue weighted by atomic mass is 10.1. The highest BCUT2D eigenvalue weighted by Crippen LogP contribution is 2.26.